The van der Waals surface area contributed by atoms with Gasteiger partial charge in [0.2, 0.25) is 11.8 Å². The van der Waals surface area contributed by atoms with Gasteiger partial charge < -0.3 is 9.47 Å². The minimum Gasteiger partial charge on any atom is -0.465 e. The Bertz CT molecular complexity index is 1110. The van der Waals surface area contributed by atoms with Crippen LogP contribution in [0.1, 0.15) is 27.1 Å². The molecule has 31 heavy (non-hydrogen) atoms. The van der Waals surface area contributed by atoms with E-state index >= 15 is 0 Å². The van der Waals surface area contributed by atoms with Crippen LogP contribution in [0.15, 0.2) is 60.7 Å². The van der Waals surface area contributed by atoms with E-state index in [9.17, 15) is 19.2 Å². The van der Waals surface area contributed by atoms with Crippen molar-refractivity contribution in [2.24, 2.45) is 23.7 Å². The lowest BCUT2D eigenvalue weighted by molar-refractivity contribution is -0.123. The Morgan fingerprint density at radius 3 is 2.13 bits per heavy atom. The zero-order chi connectivity index (χ0) is 21.7. The third kappa shape index (κ3) is 3.04. The van der Waals surface area contributed by atoms with E-state index in [1.54, 1.807) is 18.2 Å². The number of fused-ring (bicyclic) bond motifs is 5. The molecule has 2 aliphatic carbocycles. The number of rotatable bonds is 4. The molecule has 1 heterocycles. The molecule has 4 atom stereocenters. The Hall–Kier alpha value is -3.74. The van der Waals surface area contributed by atoms with Crippen LogP contribution in [0.25, 0.3) is 0 Å². The van der Waals surface area contributed by atoms with Crippen molar-refractivity contribution in [1.82, 2.24) is 0 Å². The normalized spacial score (nSPS) is 25.6. The highest BCUT2D eigenvalue weighted by atomic mass is 16.5. The minimum absolute atomic E-state index is 0.123. The van der Waals surface area contributed by atoms with Crippen LogP contribution in [0, 0.1) is 23.7 Å². The summed E-state index contributed by atoms with van der Waals surface area (Å²) in [6.07, 6.45) is 4.95. The Labute approximate surface area is 178 Å². The van der Waals surface area contributed by atoms with E-state index in [2.05, 4.69) is 4.74 Å². The number of hydrogen-bond acceptors (Lipinski definition) is 6. The van der Waals surface area contributed by atoms with Gasteiger partial charge >= 0.3 is 11.9 Å². The monoisotopic (exact) mass is 417 g/mol. The number of anilines is 1. The molecule has 7 heteroatoms. The lowest BCUT2D eigenvalue weighted by atomic mass is 9.85. The molecule has 0 unspecified atom stereocenters. The Balaban J connectivity index is 1.35. The number of imide groups is 1. The van der Waals surface area contributed by atoms with E-state index in [4.69, 9.17) is 4.74 Å². The van der Waals surface area contributed by atoms with Gasteiger partial charge in [-0.05, 0) is 60.7 Å². The summed E-state index contributed by atoms with van der Waals surface area (Å²) < 4.78 is 10.0. The number of carbonyl (C=O) groups excluding carboxylic acids is 4. The van der Waals surface area contributed by atoms with Crippen molar-refractivity contribution in [3.63, 3.8) is 0 Å². The second-order valence-electron chi connectivity index (χ2n) is 7.97. The summed E-state index contributed by atoms with van der Waals surface area (Å²) in [5.74, 6) is -1.61. The molecule has 7 nitrogen and oxygen atoms in total. The molecule has 2 aromatic carbocycles. The van der Waals surface area contributed by atoms with Gasteiger partial charge in [-0.2, -0.15) is 0 Å². The first-order chi connectivity index (χ1) is 15.0. The molecule has 2 amide bonds. The Morgan fingerprint density at radius 2 is 1.52 bits per heavy atom. The van der Waals surface area contributed by atoms with Gasteiger partial charge in [0, 0.05) is 0 Å². The molecule has 2 bridgehead atoms. The van der Waals surface area contributed by atoms with E-state index in [1.807, 2.05) is 12.2 Å². The molecule has 2 fully saturated rings. The van der Waals surface area contributed by atoms with Crippen LogP contribution in [0.3, 0.4) is 0 Å². The van der Waals surface area contributed by atoms with Gasteiger partial charge in [0.1, 0.15) is 5.75 Å². The van der Waals surface area contributed by atoms with Gasteiger partial charge in [0.15, 0.2) is 0 Å². The molecule has 1 saturated carbocycles. The Morgan fingerprint density at radius 1 is 0.871 bits per heavy atom. The summed E-state index contributed by atoms with van der Waals surface area (Å²) in [5, 5.41) is 0. The highest BCUT2D eigenvalue weighted by molar-refractivity contribution is 6.23. The van der Waals surface area contributed by atoms with Crippen LogP contribution in [-0.2, 0) is 14.3 Å². The van der Waals surface area contributed by atoms with Crippen LogP contribution in [-0.4, -0.2) is 30.9 Å². The van der Waals surface area contributed by atoms with E-state index in [0.717, 1.165) is 6.42 Å². The molecular weight excluding hydrogens is 398 g/mol. The van der Waals surface area contributed by atoms with Gasteiger partial charge in [0.25, 0.3) is 0 Å². The zero-order valence-corrected chi connectivity index (χ0v) is 16.7. The molecular formula is C24H19NO6. The van der Waals surface area contributed by atoms with E-state index in [-0.39, 0.29) is 46.8 Å². The molecule has 0 aromatic heterocycles. The summed E-state index contributed by atoms with van der Waals surface area (Å²) in [6, 6.07) is 12.3. The number of benzene rings is 2. The molecule has 0 N–H and O–H groups in total. The molecule has 156 valence electrons. The first-order valence-corrected chi connectivity index (χ1v) is 10.0. The van der Waals surface area contributed by atoms with Gasteiger partial charge in [0.05, 0.1) is 35.8 Å². The van der Waals surface area contributed by atoms with Gasteiger partial charge in [-0.25, -0.2) is 14.5 Å². The molecule has 5 rings (SSSR count). The fraction of sp³-hybridized carbons (Fsp3) is 0.250. The fourth-order valence-electron chi connectivity index (χ4n) is 4.87. The van der Waals surface area contributed by atoms with Crippen LogP contribution >= 0.6 is 0 Å². The summed E-state index contributed by atoms with van der Waals surface area (Å²) in [7, 11) is 1.29. The zero-order valence-electron chi connectivity index (χ0n) is 16.7. The topological polar surface area (TPSA) is 90.0 Å². The number of esters is 2. The lowest BCUT2D eigenvalue weighted by Gasteiger charge is -2.18. The van der Waals surface area contributed by atoms with Crippen molar-refractivity contribution >= 4 is 29.4 Å². The summed E-state index contributed by atoms with van der Waals surface area (Å²) in [5.41, 5.74) is 0.928. The SMILES string of the molecule is COC(=O)c1ccc(OC(=O)c2cccc(N3C(=O)[C@H]4[C@H](C3=O)[C@H]3C=C[C@H]4C3)c2)cc1. The van der Waals surface area contributed by atoms with Gasteiger partial charge in [-0.1, -0.05) is 18.2 Å². The lowest BCUT2D eigenvalue weighted by Crippen LogP contribution is -2.33. The maximum atomic E-state index is 13.0. The van der Waals surface area contributed by atoms with Crippen molar-refractivity contribution in [2.75, 3.05) is 12.0 Å². The maximum absolute atomic E-state index is 13.0. The smallest absolute Gasteiger partial charge is 0.343 e. The molecule has 1 saturated heterocycles. The molecule has 0 spiro atoms. The van der Waals surface area contributed by atoms with Gasteiger partial charge in [-0.3, -0.25) is 9.59 Å². The van der Waals surface area contributed by atoms with E-state index in [1.165, 1.54) is 42.3 Å². The van der Waals surface area contributed by atoms with Crippen LogP contribution in [0.4, 0.5) is 5.69 Å². The van der Waals surface area contributed by atoms with Gasteiger partial charge in [-0.15, -0.1) is 0 Å². The predicted octanol–water partition coefficient (Wildman–Crippen LogP) is 3.00. The minimum atomic E-state index is -0.631. The maximum Gasteiger partial charge on any atom is 0.343 e. The second-order valence-corrected chi connectivity index (χ2v) is 7.97. The van der Waals surface area contributed by atoms with E-state index < -0.39 is 11.9 Å². The van der Waals surface area contributed by atoms with Crippen molar-refractivity contribution < 1.29 is 28.7 Å². The van der Waals surface area contributed by atoms with Crippen LogP contribution < -0.4 is 9.64 Å². The second kappa shape index (κ2) is 7.19. The predicted molar refractivity (Wildman–Crippen MR) is 109 cm³/mol. The summed E-state index contributed by atoms with van der Waals surface area (Å²) in [6.45, 7) is 0. The number of allylic oxidation sites excluding steroid dienone is 2. The van der Waals surface area contributed by atoms with Crippen LogP contribution in [0.2, 0.25) is 0 Å². The first kappa shape index (κ1) is 19.2. The number of carbonyl (C=O) groups is 4. The number of nitrogens with zero attached hydrogens (tertiary/aromatic N) is 1. The highest BCUT2D eigenvalue weighted by Gasteiger charge is 2.59. The third-order valence-corrected chi connectivity index (χ3v) is 6.30. The van der Waals surface area contributed by atoms with Crippen molar-refractivity contribution in [3.05, 3.63) is 71.8 Å². The van der Waals surface area contributed by atoms with Crippen molar-refractivity contribution in [3.8, 4) is 5.75 Å². The molecule has 1 aliphatic heterocycles. The highest BCUT2D eigenvalue weighted by Crippen LogP contribution is 2.53. The van der Waals surface area contributed by atoms with Crippen LogP contribution in [0.5, 0.6) is 5.75 Å². The van der Waals surface area contributed by atoms with Crippen molar-refractivity contribution in [2.45, 2.75) is 6.42 Å². The fourth-order valence-corrected chi connectivity index (χ4v) is 4.87. The largest absolute Gasteiger partial charge is 0.465 e. The average molecular weight is 417 g/mol. The first-order valence-electron chi connectivity index (χ1n) is 10.0. The standard InChI is InChI=1S/C24H19NO6/c1-30-23(28)13-7-9-18(10-8-13)31-24(29)16-3-2-4-17(12-16)25-21(26)19-14-5-6-15(11-14)20(19)22(25)27/h2-10,12,14-15,19-20H,11H2,1H3/t14-,15-,19+,20+/m0/s1. The number of amides is 2. The quantitative estimate of drug-likeness (QED) is 0.329. The van der Waals surface area contributed by atoms with E-state index in [0.29, 0.717) is 11.3 Å². The summed E-state index contributed by atoms with van der Waals surface area (Å²) in [4.78, 5) is 51.3. The third-order valence-electron chi connectivity index (χ3n) is 6.30. The average Bonchev–Trinajstić information content (AvgIpc) is 3.47. The molecule has 2 aromatic rings. The number of ether oxygens (including phenoxy) is 2. The summed E-state index contributed by atoms with van der Waals surface area (Å²) >= 11 is 0. The number of hydrogen-bond donors (Lipinski definition) is 0. The van der Waals surface area contributed by atoms with Crippen molar-refractivity contribution in [1.29, 1.82) is 0 Å². The molecule has 3 aliphatic rings. The number of methoxy groups -OCH3 is 1. The Kier molecular flexibility index (Phi) is 4.46. The molecule has 0 radical (unpaired) electrons.